The number of nitrogens with one attached hydrogen (secondary N) is 1. The van der Waals surface area contributed by atoms with Crippen molar-refractivity contribution in [1.29, 1.82) is 0 Å². The minimum Gasteiger partial charge on any atom is -0.463 e. The van der Waals surface area contributed by atoms with Gasteiger partial charge in [0.15, 0.2) is 0 Å². The number of methoxy groups -OCH3 is 1. The smallest absolute Gasteiger partial charge is 0.376 e. The quantitative estimate of drug-likeness (QED) is 0.299. The topological polar surface area (TPSA) is 97.1 Å². The fourth-order valence-electron chi connectivity index (χ4n) is 2.90. The minimum absolute atomic E-state index is 0.0535. The van der Waals surface area contributed by atoms with Gasteiger partial charge in [-0.1, -0.05) is 30.3 Å². The number of nitro groups is 1. The normalized spacial score (nSPS) is 13.7. The molecule has 3 rings (SSSR count). The monoisotopic (exact) mass is 354 g/mol. The molecule has 2 aromatic rings. The van der Waals surface area contributed by atoms with Crippen molar-refractivity contribution >= 4 is 28.9 Å². The number of amidine groups is 1. The predicted octanol–water partition coefficient (Wildman–Crippen LogP) is 2.95. The van der Waals surface area contributed by atoms with E-state index in [4.69, 9.17) is 4.74 Å². The number of esters is 1. The van der Waals surface area contributed by atoms with Crippen LogP contribution in [0.2, 0.25) is 0 Å². The number of nitro benzene ring substituents is 1. The lowest BCUT2D eigenvalue weighted by atomic mass is 10.0. The summed E-state index contributed by atoms with van der Waals surface area (Å²) in [6, 6.07) is 13.9. The van der Waals surface area contributed by atoms with Crippen molar-refractivity contribution < 1.29 is 14.5 Å². The number of para-hydroxylation sites is 3. The maximum atomic E-state index is 12.3. The van der Waals surface area contributed by atoms with Crippen LogP contribution in [0.5, 0.6) is 0 Å². The van der Waals surface area contributed by atoms with Crippen molar-refractivity contribution in [3.05, 3.63) is 64.2 Å². The van der Waals surface area contributed by atoms with Crippen LogP contribution in [-0.2, 0) is 16.0 Å². The lowest BCUT2D eigenvalue weighted by Crippen LogP contribution is -2.41. The summed E-state index contributed by atoms with van der Waals surface area (Å²) in [7, 11) is 1.28. The van der Waals surface area contributed by atoms with Crippen molar-refractivity contribution in [3.63, 3.8) is 0 Å². The molecule has 1 aliphatic heterocycles. The molecule has 0 spiro atoms. The van der Waals surface area contributed by atoms with Crippen LogP contribution in [0.15, 0.2) is 53.6 Å². The van der Waals surface area contributed by atoms with Crippen LogP contribution in [-0.4, -0.2) is 30.4 Å². The number of carbonyl (C=O) groups is 1. The third-order valence-electron chi connectivity index (χ3n) is 4.12. The minimum atomic E-state index is -0.618. The van der Waals surface area contributed by atoms with Gasteiger partial charge in [-0.3, -0.25) is 15.5 Å². The Morgan fingerprint density at radius 2 is 1.96 bits per heavy atom. The number of anilines is 2. The summed E-state index contributed by atoms with van der Waals surface area (Å²) in [5, 5.41) is 15.3. The van der Waals surface area contributed by atoms with E-state index in [2.05, 4.69) is 10.5 Å². The summed E-state index contributed by atoms with van der Waals surface area (Å²) in [6.45, 7) is 0.601. The van der Waals surface area contributed by atoms with Gasteiger partial charge in [-0.2, -0.15) is 0 Å². The first-order valence-corrected chi connectivity index (χ1v) is 8.12. The van der Waals surface area contributed by atoms with Crippen LogP contribution in [0.4, 0.5) is 17.1 Å². The molecule has 0 saturated carbocycles. The molecular weight excluding hydrogens is 336 g/mol. The van der Waals surface area contributed by atoms with Gasteiger partial charge in [0, 0.05) is 18.3 Å². The third-order valence-corrected chi connectivity index (χ3v) is 4.12. The Balaban J connectivity index is 1.97. The molecule has 26 heavy (non-hydrogen) atoms. The second-order valence-corrected chi connectivity index (χ2v) is 5.70. The van der Waals surface area contributed by atoms with E-state index in [1.165, 1.54) is 19.2 Å². The van der Waals surface area contributed by atoms with Crippen LogP contribution in [0.25, 0.3) is 0 Å². The van der Waals surface area contributed by atoms with Gasteiger partial charge >= 0.3 is 5.97 Å². The summed E-state index contributed by atoms with van der Waals surface area (Å²) in [6.07, 6.45) is 1.78. The van der Waals surface area contributed by atoms with E-state index >= 15 is 0 Å². The number of rotatable bonds is 3. The number of hydrogen-bond acceptors (Lipinski definition) is 6. The third kappa shape index (κ3) is 3.49. The molecule has 8 heteroatoms. The highest BCUT2D eigenvalue weighted by Crippen LogP contribution is 2.28. The van der Waals surface area contributed by atoms with Crippen LogP contribution in [0, 0.1) is 10.1 Å². The number of nitrogens with zero attached hydrogens (tertiary/aromatic N) is 3. The lowest BCUT2D eigenvalue weighted by molar-refractivity contribution is -0.384. The van der Waals surface area contributed by atoms with E-state index in [0.717, 1.165) is 24.1 Å². The molecule has 0 unspecified atom stereocenters. The van der Waals surface area contributed by atoms with Gasteiger partial charge in [0.1, 0.15) is 5.69 Å². The number of hydrogen-bond donors (Lipinski definition) is 1. The zero-order valence-electron chi connectivity index (χ0n) is 14.2. The molecule has 0 saturated heterocycles. The van der Waals surface area contributed by atoms with Crippen LogP contribution in [0.1, 0.15) is 12.0 Å². The number of aryl methyl sites for hydroxylation is 1. The average molecular weight is 354 g/mol. The fourth-order valence-corrected chi connectivity index (χ4v) is 2.90. The van der Waals surface area contributed by atoms with Gasteiger partial charge in [-0.15, -0.1) is 5.10 Å². The van der Waals surface area contributed by atoms with Crippen LogP contribution in [0.3, 0.4) is 0 Å². The number of ether oxygens (including phenoxy) is 1. The van der Waals surface area contributed by atoms with Gasteiger partial charge in [-0.05, 0) is 30.5 Å². The molecule has 1 aliphatic rings. The summed E-state index contributed by atoms with van der Waals surface area (Å²) in [5.41, 5.74) is 4.71. The summed E-state index contributed by atoms with van der Waals surface area (Å²) in [5.74, 6) is -0.564. The fraction of sp³-hybridized carbons (Fsp3) is 0.222. The number of benzene rings is 2. The van der Waals surface area contributed by atoms with E-state index in [0.29, 0.717) is 6.54 Å². The Labute approximate surface area is 150 Å². The zero-order chi connectivity index (χ0) is 18.5. The molecular formula is C18H18N4O4. The number of hydrazone groups is 1. The van der Waals surface area contributed by atoms with E-state index < -0.39 is 10.9 Å². The molecule has 134 valence electrons. The zero-order valence-corrected chi connectivity index (χ0v) is 14.2. The first-order valence-electron chi connectivity index (χ1n) is 8.12. The number of fused-ring (bicyclic) bond motifs is 1. The van der Waals surface area contributed by atoms with Crippen molar-refractivity contribution in [3.8, 4) is 0 Å². The Kier molecular flexibility index (Phi) is 5.12. The molecule has 0 radical (unpaired) electrons. The molecule has 0 fully saturated rings. The first kappa shape index (κ1) is 17.4. The van der Waals surface area contributed by atoms with Gasteiger partial charge in [0.2, 0.25) is 5.84 Å². The maximum Gasteiger partial charge on any atom is 0.376 e. The van der Waals surface area contributed by atoms with Gasteiger partial charge in [0.25, 0.3) is 5.69 Å². The van der Waals surface area contributed by atoms with E-state index in [1.54, 1.807) is 17.0 Å². The molecule has 0 atom stereocenters. The Morgan fingerprint density at radius 3 is 2.73 bits per heavy atom. The van der Waals surface area contributed by atoms with Crippen molar-refractivity contribution in [2.24, 2.45) is 5.10 Å². The van der Waals surface area contributed by atoms with Gasteiger partial charge in [0.05, 0.1) is 12.0 Å². The average Bonchev–Trinajstić information content (AvgIpc) is 2.68. The van der Waals surface area contributed by atoms with E-state index in [9.17, 15) is 14.9 Å². The van der Waals surface area contributed by atoms with Crippen LogP contribution < -0.4 is 10.3 Å². The highest BCUT2D eigenvalue weighted by molar-refractivity contribution is 6.41. The highest BCUT2D eigenvalue weighted by atomic mass is 16.6. The Hall–Kier alpha value is -3.42. The highest BCUT2D eigenvalue weighted by Gasteiger charge is 2.26. The van der Waals surface area contributed by atoms with Crippen molar-refractivity contribution in [2.45, 2.75) is 12.8 Å². The molecule has 1 heterocycles. The molecule has 8 nitrogen and oxygen atoms in total. The Bertz CT molecular complexity index is 866. The standard InChI is InChI=1S/C18H18N4O4/c1-26-18(23)17(20-19-14-9-3-5-11-16(14)22(24)25)21-12-6-8-13-7-2-4-10-15(13)21/h2-5,7,9-11,19H,6,8,12H2,1H3/b20-17+. The number of carbonyl (C=O) groups excluding carboxylic acids is 1. The SMILES string of the molecule is COC(=O)/C(=N\Nc1ccccc1[N+](=O)[O-])N1CCCc2ccccc21. The second-order valence-electron chi connectivity index (χ2n) is 5.70. The summed E-state index contributed by atoms with van der Waals surface area (Å²) < 4.78 is 4.86. The molecule has 0 aliphatic carbocycles. The van der Waals surface area contributed by atoms with Crippen molar-refractivity contribution in [1.82, 2.24) is 0 Å². The molecule has 2 aromatic carbocycles. The molecule has 0 bridgehead atoms. The summed E-state index contributed by atoms with van der Waals surface area (Å²) in [4.78, 5) is 24.7. The first-order chi connectivity index (χ1) is 12.6. The second kappa shape index (κ2) is 7.64. The Morgan fingerprint density at radius 1 is 1.23 bits per heavy atom. The summed E-state index contributed by atoms with van der Waals surface area (Å²) >= 11 is 0. The van der Waals surface area contributed by atoms with E-state index in [-0.39, 0.29) is 17.2 Å². The van der Waals surface area contributed by atoms with E-state index in [1.807, 2.05) is 24.3 Å². The lowest BCUT2D eigenvalue weighted by Gasteiger charge is -2.30. The van der Waals surface area contributed by atoms with Gasteiger partial charge in [-0.25, -0.2) is 4.79 Å². The van der Waals surface area contributed by atoms with Crippen molar-refractivity contribution in [2.75, 3.05) is 24.0 Å². The maximum absolute atomic E-state index is 12.3. The molecule has 0 amide bonds. The predicted molar refractivity (Wildman–Crippen MR) is 98.3 cm³/mol. The molecule has 1 N–H and O–H groups in total. The molecule has 0 aromatic heterocycles. The van der Waals surface area contributed by atoms with Gasteiger partial charge < -0.3 is 9.64 Å². The van der Waals surface area contributed by atoms with Crippen LogP contribution >= 0.6 is 0 Å². The largest absolute Gasteiger partial charge is 0.463 e.